The third-order valence-electron chi connectivity index (χ3n) is 5.06. The minimum Gasteiger partial charge on any atom is -0.356 e. The van der Waals surface area contributed by atoms with Gasteiger partial charge in [-0.25, -0.2) is 0 Å². The number of hydrogen-bond donors (Lipinski definition) is 2. The van der Waals surface area contributed by atoms with E-state index in [1.165, 1.54) is 16.8 Å². The number of nitrogens with one attached hydrogen (secondary N) is 2. The van der Waals surface area contributed by atoms with Crippen LogP contribution in [0.2, 0.25) is 0 Å². The molecule has 1 aliphatic rings. The van der Waals surface area contributed by atoms with Crippen LogP contribution in [0.5, 0.6) is 0 Å². The van der Waals surface area contributed by atoms with Crippen LogP contribution >= 0.6 is 0 Å². The summed E-state index contributed by atoms with van der Waals surface area (Å²) in [7, 11) is 1.72. The molecule has 0 saturated heterocycles. The van der Waals surface area contributed by atoms with E-state index in [1.807, 2.05) is 22.6 Å². The van der Waals surface area contributed by atoms with Gasteiger partial charge in [-0.05, 0) is 43.9 Å². The summed E-state index contributed by atoms with van der Waals surface area (Å²) in [6.07, 6.45) is 1.85. The monoisotopic (exact) mass is 382 g/mol. The zero-order valence-corrected chi connectivity index (χ0v) is 17.0. The first-order valence-electron chi connectivity index (χ1n) is 9.87. The number of aromatic nitrogens is 2. The molecule has 0 atom stereocenters. The number of rotatable bonds is 6. The molecule has 28 heavy (non-hydrogen) atoms. The Morgan fingerprint density at radius 3 is 2.71 bits per heavy atom. The quantitative estimate of drug-likeness (QED) is 0.453. The van der Waals surface area contributed by atoms with Crippen LogP contribution in [0.1, 0.15) is 28.9 Å². The molecule has 0 radical (unpaired) electrons. The first-order valence-corrected chi connectivity index (χ1v) is 9.87. The first-order chi connectivity index (χ1) is 13.6. The Balaban J connectivity index is 1.39. The molecule has 1 aromatic carbocycles. The molecule has 7 nitrogen and oxygen atoms in total. The lowest BCUT2D eigenvalue weighted by Gasteiger charge is -2.29. The number of carbonyl (C=O) groups is 1. The summed E-state index contributed by atoms with van der Waals surface area (Å²) in [5.74, 6) is 0.749. The molecule has 0 saturated carbocycles. The van der Waals surface area contributed by atoms with Crippen molar-refractivity contribution in [1.82, 2.24) is 25.3 Å². The summed E-state index contributed by atoms with van der Waals surface area (Å²) in [4.78, 5) is 18.7. The summed E-state index contributed by atoms with van der Waals surface area (Å²) >= 11 is 0. The SMILES string of the molecule is CN=C(NCCCn1nc(C)cc1C)NCC(=O)N1CCc2ccccc2C1. The second-order valence-electron chi connectivity index (χ2n) is 7.19. The fourth-order valence-electron chi connectivity index (χ4n) is 3.54. The number of nitrogens with zero attached hydrogens (tertiary/aromatic N) is 4. The van der Waals surface area contributed by atoms with Crippen molar-refractivity contribution in [3.63, 3.8) is 0 Å². The highest BCUT2D eigenvalue weighted by Crippen LogP contribution is 2.18. The van der Waals surface area contributed by atoms with Gasteiger partial charge in [0.15, 0.2) is 5.96 Å². The zero-order valence-electron chi connectivity index (χ0n) is 17.0. The van der Waals surface area contributed by atoms with E-state index >= 15 is 0 Å². The second-order valence-corrected chi connectivity index (χ2v) is 7.19. The molecule has 1 aliphatic heterocycles. The van der Waals surface area contributed by atoms with Gasteiger partial charge in [-0.15, -0.1) is 0 Å². The fourth-order valence-corrected chi connectivity index (χ4v) is 3.54. The maximum Gasteiger partial charge on any atom is 0.242 e. The van der Waals surface area contributed by atoms with E-state index in [4.69, 9.17) is 0 Å². The molecule has 0 spiro atoms. The molecule has 2 aromatic rings. The van der Waals surface area contributed by atoms with Crippen molar-refractivity contribution in [2.24, 2.45) is 4.99 Å². The lowest BCUT2D eigenvalue weighted by molar-refractivity contribution is -0.130. The Morgan fingerprint density at radius 2 is 2.00 bits per heavy atom. The lowest BCUT2D eigenvalue weighted by atomic mass is 10.00. The Labute approximate surface area is 166 Å². The van der Waals surface area contributed by atoms with Gasteiger partial charge in [0.2, 0.25) is 5.91 Å². The van der Waals surface area contributed by atoms with Crippen LogP contribution in [-0.2, 0) is 24.3 Å². The van der Waals surface area contributed by atoms with Gasteiger partial charge >= 0.3 is 0 Å². The molecule has 1 aromatic heterocycles. The Hall–Kier alpha value is -2.83. The van der Waals surface area contributed by atoms with Gasteiger partial charge < -0.3 is 15.5 Å². The Kier molecular flexibility index (Phi) is 6.68. The lowest BCUT2D eigenvalue weighted by Crippen LogP contribution is -2.46. The predicted molar refractivity (Wildman–Crippen MR) is 111 cm³/mol. The molecular weight excluding hydrogens is 352 g/mol. The van der Waals surface area contributed by atoms with Crippen LogP contribution in [0.4, 0.5) is 0 Å². The van der Waals surface area contributed by atoms with E-state index in [0.29, 0.717) is 12.5 Å². The van der Waals surface area contributed by atoms with E-state index in [-0.39, 0.29) is 12.5 Å². The van der Waals surface area contributed by atoms with E-state index in [2.05, 4.69) is 51.9 Å². The fraction of sp³-hybridized carbons (Fsp3) is 0.476. The second kappa shape index (κ2) is 9.39. The maximum atomic E-state index is 12.6. The van der Waals surface area contributed by atoms with Gasteiger partial charge in [-0.3, -0.25) is 14.5 Å². The largest absolute Gasteiger partial charge is 0.356 e. The van der Waals surface area contributed by atoms with Crippen LogP contribution in [0.15, 0.2) is 35.3 Å². The molecule has 2 heterocycles. The summed E-state index contributed by atoms with van der Waals surface area (Å²) < 4.78 is 2.02. The van der Waals surface area contributed by atoms with Crippen molar-refractivity contribution in [2.45, 2.75) is 39.8 Å². The van der Waals surface area contributed by atoms with Crippen molar-refractivity contribution < 1.29 is 4.79 Å². The third kappa shape index (κ3) is 5.12. The molecule has 0 aliphatic carbocycles. The number of hydrogen-bond acceptors (Lipinski definition) is 3. The van der Waals surface area contributed by atoms with Crippen molar-refractivity contribution >= 4 is 11.9 Å². The number of aryl methyl sites for hydroxylation is 3. The number of benzene rings is 1. The van der Waals surface area contributed by atoms with Gasteiger partial charge in [0, 0.05) is 38.9 Å². The van der Waals surface area contributed by atoms with Gasteiger partial charge in [-0.1, -0.05) is 24.3 Å². The molecule has 0 fully saturated rings. The number of carbonyl (C=O) groups excluding carboxylic acids is 1. The van der Waals surface area contributed by atoms with E-state index in [0.717, 1.165) is 38.2 Å². The minimum absolute atomic E-state index is 0.0973. The topological polar surface area (TPSA) is 74.5 Å². The van der Waals surface area contributed by atoms with Crippen molar-refractivity contribution in [1.29, 1.82) is 0 Å². The average molecular weight is 383 g/mol. The Morgan fingerprint density at radius 1 is 1.21 bits per heavy atom. The number of fused-ring (bicyclic) bond motifs is 1. The Bertz CT molecular complexity index is 841. The third-order valence-corrected chi connectivity index (χ3v) is 5.06. The van der Waals surface area contributed by atoms with Crippen LogP contribution in [0.3, 0.4) is 0 Å². The summed E-state index contributed by atoms with van der Waals surface area (Å²) in [5.41, 5.74) is 4.81. The maximum absolute atomic E-state index is 12.6. The molecular formula is C21H30N6O. The molecule has 150 valence electrons. The molecule has 3 rings (SSSR count). The predicted octanol–water partition coefficient (Wildman–Crippen LogP) is 1.64. The van der Waals surface area contributed by atoms with E-state index in [1.54, 1.807) is 7.05 Å². The molecule has 2 N–H and O–H groups in total. The van der Waals surface area contributed by atoms with Gasteiger partial charge in [-0.2, -0.15) is 5.10 Å². The van der Waals surface area contributed by atoms with Crippen molar-refractivity contribution in [2.75, 3.05) is 26.7 Å². The van der Waals surface area contributed by atoms with Crippen LogP contribution in [0.25, 0.3) is 0 Å². The highest BCUT2D eigenvalue weighted by atomic mass is 16.2. The molecule has 0 bridgehead atoms. The number of guanidine groups is 1. The van der Waals surface area contributed by atoms with E-state index < -0.39 is 0 Å². The number of amides is 1. The van der Waals surface area contributed by atoms with Crippen molar-refractivity contribution in [3.8, 4) is 0 Å². The molecule has 7 heteroatoms. The van der Waals surface area contributed by atoms with Gasteiger partial charge in [0.25, 0.3) is 0 Å². The van der Waals surface area contributed by atoms with Crippen LogP contribution in [0, 0.1) is 13.8 Å². The highest BCUT2D eigenvalue weighted by molar-refractivity contribution is 5.86. The normalized spacial score (nSPS) is 14.0. The van der Waals surface area contributed by atoms with Gasteiger partial charge in [0.05, 0.1) is 12.2 Å². The average Bonchev–Trinajstić information content (AvgIpc) is 3.03. The summed E-state index contributed by atoms with van der Waals surface area (Å²) in [6.45, 7) is 7.40. The standard InChI is InChI=1S/C21H30N6O/c1-16-13-17(2)27(25-16)11-6-10-23-21(22-3)24-14-20(28)26-12-9-18-7-4-5-8-19(18)15-26/h4-5,7-8,13H,6,9-12,14-15H2,1-3H3,(H2,22,23,24). The molecule has 0 unspecified atom stereocenters. The van der Waals surface area contributed by atoms with Gasteiger partial charge in [0.1, 0.15) is 0 Å². The first kappa shape index (κ1) is 19.9. The summed E-state index contributed by atoms with van der Waals surface area (Å²) in [6, 6.07) is 10.4. The smallest absolute Gasteiger partial charge is 0.242 e. The zero-order chi connectivity index (χ0) is 19.9. The molecule has 1 amide bonds. The minimum atomic E-state index is 0.0973. The van der Waals surface area contributed by atoms with E-state index in [9.17, 15) is 4.79 Å². The number of aliphatic imine (C=N–C) groups is 1. The summed E-state index contributed by atoms with van der Waals surface area (Å²) in [5, 5.41) is 10.9. The van der Waals surface area contributed by atoms with Crippen LogP contribution < -0.4 is 10.6 Å². The van der Waals surface area contributed by atoms with Crippen LogP contribution in [-0.4, -0.2) is 53.2 Å². The van der Waals surface area contributed by atoms with Crippen molar-refractivity contribution in [3.05, 3.63) is 52.8 Å². The highest BCUT2D eigenvalue weighted by Gasteiger charge is 2.20.